The number of ether oxygens (including phenoxy) is 1. The smallest absolute Gasteiger partial charge is 0.330 e. The second-order valence-corrected chi connectivity index (χ2v) is 6.83. The molecule has 0 atom stereocenters. The number of benzene rings is 1. The fourth-order valence-electron chi connectivity index (χ4n) is 3.23. The normalized spacial score (nSPS) is 10.9. The summed E-state index contributed by atoms with van der Waals surface area (Å²) in [6.45, 7) is 4.19. The van der Waals surface area contributed by atoms with E-state index >= 15 is 0 Å². The third-order valence-corrected chi connectivity index (χ3v) is 4.72. The van der Waals surface area contributed by atoms with Crippen molar-refractivity contribution in [2.45, 2.75) is 20.4 Å². The van der Waals surface area contributed by atoms with Gasteiger partial charge in [-0.1, -0.05) is 0 Å². The molecular weight excluding hydrogens is 400 g/mol. The quantitative estimate of drug-likeness (QED) is 0.495. The maximum absolute atomic E-state index is 12.8. The Hall–Kier alpha value is -4.14. The van der Waals surface area contributed by atoms with E-state index in [1.165, 1.54) is 16.9 Å². The summed E-state index contributed by atoms with van der Waals surface area (Å²) in [7, 11) is 0. The molecule has 0 radical (unpaired) electrons. The van der Waals surface area contributed by atoms with Crippen LogP contribution in [0, 0.1) is 6.92 Å². The SMILES string of the molecule is CCOc1ccc(NC(=O)c2cc3c(=O)[nH]c(=O)n(Cc4ccco4)c3nc2C)cc1. The molecule has 3 heterocycles. The third-order valence-electron chi connectivity index (χ3n) is 4.72. The third kappa shape index (κ3) is 4.11. The summed E-state index contributed by atoms with van der Waals surface area (Å²) in [5.41, 5.74) is 0.153. The number of nitrogens with one attached hydrogen (secondary N) is 2. The van der Waals surface area contributed by atoms with E-state index in [0.29, 0.717) is 29.5 Å². The minimum Gasteiger partial charge on any atom is -0.494 e. The summed E-state index contributed by atoms with van der Waals surface area (Å²) in [4.78, 5) is 44.3. The maximum Gasteiger partial charge on any atom is 0.330 e. The summed E-state index contributed by atoms with van der Waals surface area (Å²) in [5.74, 6) is 0.816. The van der Waals surface area contributed by atoms with Crippen LogP contribution in [0.15, 0.2) is 62.7 Å². The number of hydrogen-bond acceptors (Lipinski definition) is 6. The van der Waals surface area contributed by atoms with E-state index in [2.05, 4.69) is 15.3 Å². The zero-order chi connectivity index (χ0) is 22.0. The van der Waals surface area contributed by atoms with Gasteiger partial charge in [-0.3, -0.25) is 19.1 Å². The van der Waals surface area contributed by atoms with E-state index in [4.69, 9.17) is 9.15 Å². The van der Waals surface area contributed by atoms with Crippen LogP contribution in [0.1, 0.15) is 28.7 Å². The van der Waals surface area contributed by atoms with E-state index in [1.807, 2.05) is 6.92 Å². The highest BCUT2D eigenvalue weighted by Crippen LogP contribution is 2.19. The predicted octanol–water partition coefficient (Wildman–Crippen LogP) is 2.69. The lowest BCUT2D eigenvalue weighted by molar-refractivity contribution is 0.102. The molecule has 158 valence electrons. The average Bonchev–Trinajstić information content (AvgIpc) is 3.25. The Morgan fingerprint density at radius 2 is 2.00 bits per heavy atom. The molecule has 0 bridgehead atoms. The van der Waals surface area contributed by atoms with Gasteiger partial charge in [0.1, 0.15) is 17.2 Å². The number of anilines is 1. The first-order chi connectivity index (χ1) is 15.0. The largest absolute Gasteiger partial charge is 0.494 e. The first-order valence-corrected chi connectivity index (χ1v) is 9.67. The Labute approximate surface area is 176 Å². The van der Waals surface area contributed by atoms with Crippen LogP contribution in [0.4, 0.5) is 5.69 Å². The second-order valence-electron chi connectivity index (χ2n) is 6.83. The van der Waals surface area contributed by atoms with Gasteiger partial charge in [0, 0.05) is 5.69 Å². The summed E-state index contributed by atoms with van der Waals surface area (Å²) >= 11 is 0. The Bertz CT molecular complexity index is 1350. The van der Waals surface area contributed by atoms with Gasteiger partial charge in [-0.05, 0) is 56.3 Å². The lowest BCUT2D eigenvalue weighted by Gasteiger charge is -2.12. The number of hydrogen-bond donors (Lipinski definition) is 2. The minimum absolute atomic E-state index is 0.100. The van der Waals surface area contributed by atoms with Crippen molar-refractivity contribution in [1.82, 2.24) is 14.5 Å². The van der Waals surface area contributed by atoms with Crippen LogP contribution in [-0.2, 0) is 6.54 Å². The Balaban J connectivity index is 1.70. The van der Waals surface area contributed by atoms with Gasteiger partial charge in [0.05, 0.1) is 36.1 Å². The van der Waals surface area contributed by atoms with Crippen molar-refractivity contribution in [2.75, 3.05) is 11.9 Å². The van der Waals surface area contributed by atoms with Crippen molar-refractivity contribution in [3.63, 3.8) is 0 Å². The van der Waals surface area contributed by atoms with Crippen molar-refractivity contribution in [1.29, 1.82) is 0 Å². The number of carbonyl (C=O) groups is 1. The number of fused-ring (bicyclic) bond motifs is 1. The number of amides is 1. The first-order valence-electron chi connectivity index (χ1n) is 9.67. The number of nitrogens with zero attached hydrogens (tertiary/aromatic N) is 2. The zero-order valence-electron chi connectivity index (χ0n) is 17.0. The van der Waals surface area contributed by atoms with Gasteiger partial charge in [-0.25, -0.2) is 9.78 Å². The molecule has 4 rings (SSSR count). The lowest BCUT2D eigenvalue weighted by atomic mass is 10.1. The monoisotopic (exact) mass is 420 g/mol. The molecular formula is C22H20N4O5. The van der Waals surface area contributed by atoms with Gasteiger partial charge in [-0.2, -0.15) is 0 Å². The number of aromatic nitrogens is 3. The van der Waals surface area contributed by atoms with Gasteiger partial charge in [0.2, 0.25) is 0 Å². The van der Waals surface area contributed by atoms with Crippen LogP contribution in [0.2, 0.25) is 0 Å². The Morgan fingerprint density at radius 1 is 1.23 bits per heavy atom. The number of carbonyl (C=O) groups excluding carboxylic acids is 1. The summed E-state index contributed by atoms with van der Waals surface area (Å²) in [5, 5.41) is 2.92. The lowest BCUT2D eigenvalue weighted by Crippen LogP contribution is -2.31. The standard InChI is InChI=1S/C22H20N4O5/c1-3-30-15-8-6-14(7-9-15)24-20(27)17-11-18-19(23-13(17)2)26(22(29)25-21(18)28)12-16-5-4-10-31-16/h4-11H,3,12H2,1-2H3,(H,24,27)(H,25,28,29). The topological polar surface area (TPSA) is 119 Å². The van der Waals surface area contributed by atoms with Gasteiger partial charge >= 0.3 is 5.69 Å². The molecule has 3 aromatic heterocycles. The molecule has 0 saturated heterocycles. The van der Waals surface area contributed by atoms with Crippen LogP contribution in [-0.4, -0.2) is 27.0 Å². The Kier molecular flexibility index (Phi) is 5.40. The summed E-state index contributed by atoms with van der Waals surface area (Å²) in [6, 6.07) is 11.8. The van der Waals surface area contributed by atoms with Gasteiger partial charge < -0.3 is 14.5 Å². The molecule has 1 amide bonds. The first kappa shape index (κ1) is 20.1. The van der Waals surface area contributed by atoms with E-state index in [-0.39, 0.29) is 23.1 Å². The molecule has 0 spiro atoms. The van der Waals surface area contributed by atoms with E-state index in [1.54, 1.807) is 43.3 Å². The minimum atomic E-state index is -0.613. The van der Waals surface area contributed by atoms with Crippen LogP contribution in [0.5, 0.6) is 5.75 Å². The number of aromatic amines is 1. The maximum atomic E-state index is 12.8. The highest BCUT2D eigenvalue weighted by atomic mass is 16.5. The van der Waals surface area contributed by atoms with Crippen LogP contribution in [0.3, 0.4) is 0 Å². The Morgan fingerprint density at radius 3 is 2.68 bits per heavy atom. The number of furan rings is 1. The average molecular weight is 420 g/mol. The fourth-order valence-corrected chi connectivity index (χ4v) is 3.23. The van der Waals surface area contributed by atoms with Gasteiger partial charge in [0.15, 0.2) is 0 Å². The predicted molar refractivity (Wildman–Crippen MR) is 115 cm³/mol. The molecule has 0 unspecified atom stereocenters. The number of rotatable bonds is 6. The molecule has 4 aromatic rings. The van der Waals surface area contributed by atoms with Crippen molar-refractivity contribution in [2.24, 2.45) is 0 Å². The van der Waals surface area contributed by atoms with Crippen molar-refractivity contribution < 1.29 is 13.9 Å². The summed E-state index contributed by atoms with van der Waals surface area (Å²) in [6.07, 6.45) is 1.50. The molecule has 0 aliphatic heterocycles. The van der Waals surface area contributed by atoms with Crippen LogP contribution in [0.25, 0.3) is 11.0 Å². The molecule has 0 aliphatic carbocycles. The van der Waals surface area contributed by atoms with E-state index < -0.39 is 17.2 Å². The fraction of sp³-hybridized carbons (Fsp3) is 0.182. The number of aryl methyl sites for hydroxylation is 1. The highest BCUT2D eigenvalue weighted by Gasteiger charge is 2.17. The van der Waals surface area contributed by atoms with E-state index in [0.717, 1.165) is 0 Å². The molecule has 0 fully saturated rings. The molecule has 31 heavy (non-hydrogen) atoms. The van der Waals surface area contributed by atoms with Crippen molar-refractivity contribution in [3.8, 4) is 5.75 Å². The molecule has 1 aromatic carbocycles. The molecule has 0 saturated carbocycles. The van der Waals surface area contributed by atoms with Crippen LogP contribution < -0.4 is 21.3 Å². The zero-order valence-corrected chi connectivity index (χ0v) is 17.0. The molecule has 2 N–H and O–H groups in total. The van der Waals surface area contributed by atoms with Crippen LogP contribution >= 0.6 is 0 Å². The van der Waals surface area contributed by atoms with Crippen molar-refractivity contribution in [3.05, 3.63) is 86.6 Å². The number of pyridine rings is 1. The van der Waals surface area contributed by atoms with E-state index in [9.17, 15) is 14.4 Å². The van der Waals surface area contributed by atoms with Crippen molar-refractivity contribution >= 4 is 22.6 Å². The second kappa shape index (κ2) is 8.31. The molecule has 9 nitrogen and oxygen atoms in total. The number of H-pyrrole nitrogens is 1. The molecule has 9 heteroatoms. The highest BCUT2D eigenvalue weighted by molar-refractivity contribution is 6.06. The summed E-state index contributed by atoms with van der Waals surface area (Å²) < 4.78 is 12.0. The van der Waals surface area contributed by atoms with Gasteiger partial charge in [0.25, 0.3) is 11.5 Å². The van der Waals surface area contributed by atoms with Gasteiger partial charge in [-0.15, -0.1) is 0 Å². The molecule has 0 aliphatic rings.